The van der Waals surface area contributed by atoms with E-state index in [2.05, 4.69) is 5.32 Å². The Hall–Kier alpha value is -2.50. The molecule has 1 aromatic rings. The maximum absolute atomic E-state index is 13.0. The van der Waals surface area contributed by atoms with E-state index in [-0.39, 0.29) is 16.4 Å². The number of rotatable bonds is 6. The van der Waals surface area contributed by atoms with E-state index in [1.807, 2.05) is 39.0 Å². The highest BCUT2D eigenvalue weighted by Gasteiger charge is 2.54. The Balaban J connectivity index is 1.98. The number of methoxy groups -OCH3 is 2. The van der Waals surface area contributed by atoms with Crippen molar-refractivity contribution in [3.63, 3.8) is 0 Å². The number of nitrogens with one attached hydrogen (secondary N) is 1. The lowest BCUT2D eigenvalue weighted by molar-refractivity contribution is -0.138. The van der Waals surface area contributed by atoms with Crippen LogP contribution in [0.2, 0.25) is 0 Å². The van der Waals surface area contributed by atoms with Crippen LogP contribution in [-0.4, -0.2) is 55.0 Å². The van der Waals surface area contributed by atoms with Crippen molar-refractivity contribution in [3.8, 4) is 5.75 Å². The van der Waals surface area contributed by atoms with Crippen LogP contribution in [0.3, 0.4) is 0 Å². The van der Waals surface area contributed by atoms with Crippen LogP contribution >= 0.6 is 35.3 Å². The molecule has 1 N–H and O–H groups in total. The number of esters is 3. The quantitative estimate of drug-likeness (QED) is 0.386. The number of anilines is 1. The van der Waals surface area contributed by atoms with Crippen LogP contribution in [0.25, 0.3) is 5.57 Å². The second kappa shape index (κ2) is 10.1. The normalized spacial score (nSPS) is 19.1. The summed E-state index contributed by atoms with van der Waals surface area (Å²) in [6.45, 7) is 8.40. The van der Waals surface area contributed by atoms with Crippen LogP contribution in [0.4, 0.5) is 5.69 Å². The first-order valence-electron chi connectivity index (χ1n) is 11.3. The molecule has 0 atom stereocenters. The second-order valence-electron chi connectivity index (χ2n) is 8.41. The van der Waals surface area contributed by atoms with Crippen molar-refractivity contribution >= 4 is 64.5 Å². The molecule has 0 aromatic heterocycles. The monoisotopic (exact) mass is 549 g/mol. The molecule has 0 saturated heterocycles. The minimum absolute atomic E-state index is 0.131. The lowest BCUT2D eigenvalue weighted by Gasteiger charge is -2.45. The van der Waals surface area contributed by atoms with Crippen molar-refractivity contribution < 1.29 is 33.3 Å². The third kappa shape index (κ3) is 4.41. The predicted molar refractivity (Wildman–Crippen MR) is 144 cm³/mol. The minimum atomic E-state index is -1.03. The average molecular weight is 550 g/mol. The maximum atomic E-state index is 13.0. The zero-order valence-corrected chi connectivity index (χ0v) is 23.3. The van der Waals surface area contributed by atoms with Gasteiger partial charge in [-0.25, -0.2) is 14.4 Å². The van der Waals surface area contributed by atoms with E-state index in [4.69, 9.17) is 18.9 Å². The number of benzene rings is 1. The Morgan fingerprint density at radius 2 is 1.58 bits per heavy atom. The van der Waals surface area contributed by atoms with Gasteiger partial charge in [0.1, 0.15) is 19.6 Å². The van der Waals surface area contributed by atoms with Crippen molar-refractivity contribution in [1.29, 1.82) is 0 Å². The summed E-state index contributed by atoms with van der Waals surface area (Å²) in [7, 11) is 2.53. The summed E-state index contributed by atoms with van der Waals surface area (Å²) < 4.78 is 20.2. The fraction of sp³-hybridized carbons (Fsp3) is 0.400. The predicted octanol–water partition coefficient (Wildman–Crippen LogP) is 4.93. The fourth-order valence-corrected chi connectivity index (χ4v) is 8.94. The van der Waals surface area contributed by atoms with Gasteiger partial charge in [0.15, 0.2) is 0 Å². The summed E-state index contributed by atoms with van der Waals surface area (Å²) in [5.74, 6) is -1.07. The number of ether oxygens (including phenoxy) is 4. The smallest absolute Gasteiger partial charge is 0.345 e. The van der Waals surface area contributed by atoms with Crippen LogP contribution in [0.1, 0.15) is 33.3 Å². The summed E-state index contributed by atoms with van der Waals surface area (Å²) in [4.78, 5) is 40.0. The lowest BCUT2D eigenvalue weighted by atomic mass is 9.87. The zero-order valence-electron chi connectivity index (χ0n) is 20.8. The van der Waals surface area contributed by atoms with Crippen LogP contribution in [0.5, 0.6) is 5.75 Å². The molecule has 0 saturated carbocycles. The van der Waals surface area contributed by atoms with Gasteiger partial charge in [-0.05, 0) is 39.8 Å². The first kappa shape index (κ1) is 26.6. The Kier molecular flexibility index (Phi) is 7.45. The molecule has 8 nitrogen and oxygen atoms in total. The van der Waals surface area contributed by atoms with Gasteiger partial charge in [-0.3, -0.25) is 0 Å². The van der Waals surface area contributed by atoms with E-state index >= 15 is 0 Å². The van der Waals surface area contributed by atoms with Gasteiger partial charge in [0.25, 0.3) is 0 Å². The van der Waals surface area contributed by atoms with E-state index in [0.717, 1.165) is 21.7 Å². The van der Waals surface area contributed by atoms with Gasteiger partial charge in [-0.1, -0.05) is 47.4 Å². The standard InChI is InChI=1S/C25H27NO7S3/c1-7-32-14-11-9-10-13-16-20(24(3,4)26-17(13)14)34-15(21(27)33-8-2)12-25(16)35-18(22(28)30-5)19(36-25)23(29)31-6/h9-12,26H,7-8H2,1-6H3. The lowest BCUT2D eigenvalue weighted by Crippen LogP contribution is -2.41. The maximum Gasteiger partial charge on any atom is 0.345 e. The van der Waals surface area contributed by atoms with Gasteiger partial charge >= 0.3 is 17.9 Å². The van der Waals surface area contributed by atoms with E-state index in [9.17, 15) is 14.4 Å². The van der Waals surface area contributed by atoms with E-state index in [1.165, 1.54) is 49.5 Å². The van der Waals surface area contributed by atoms with E-state index < -0.39 is 27.5 Å². The van der Waals surface area contributed by atoms with E-state index in [1.54, 1.807) is 13.0 Å². The molecule has 36 heavy (non-hydrogen) atoms. The topological polar surface area (TPSA) is 100 Å². The van der Waals surface area contributed by atoms with E-state index in [0.29, 0.717) is 17.3 Å². The number of carbonyl (C=O) groups is 3. The summed E-state index contributed by atoms with van der Waals surface area (Å²) in [5.41, 5.74) is 1.93. The van der Waals surface area contributed by atoms with Gasteiger partial charge in [0, 0.05) is 16.0 Å². The molecule has 11 heteroatoms. The number of para-hydroxylation sites is 1. The van der Waals surface area contributed by atoms with Crippen LogP contribution in [0, 0.1) is 0 Å². The summed E-state index contributed by atoms with van der Waals surface area (Å²) in [5, 5.41) is 3.58. The first-order valence-corrected chi connectivity index (χ1v) is 13.7. The summed E-state index contributed by atoms with van der Waals surface area (Å²) in [6, 6.07) is 5.76. The highest BCUT2D eigenvalue weighted by molar-refractivity contribution is 8.26. The fourth-order valence-electron chi connectivity index (χ4n) is 4.19. The summed E-state index contributed by atoms with van der Waals surface area (Å²) in [6.07, 6.45) is 1.78. The van der Waals surface area contributed by atoms with Crippen LogP contribution in [-0.2, 0) is 28.6 Å². The van der Waals surface area contributed by atoms with Gasteiger partial charge in [-0.15, -0.1) is 0 Å². The van der Waals surface area contributed by atoms with Crippen molar-refractivity contribution in [2.24, 2.45) is 0 Å². The molecule has 3 heterocycles. The summed E-state index contributed by atoms with van der Waals surface area (Å²) >= 11 is 3.67. The largest absolute Gasteiger partial charge is 0.492 e. The molecule has 192 valence electrons. The number of hydrogen-bond acceptors (Lipinski definition) is 11. The molecule has 0 bridgehead atoms. The Bertz CT molecular complexity index is 1200. The van der Waals surface area contributed by atoms with Gasteiger partial charge in [-0.2, -0.15) is 0 Å². The third-order valence-electron chi connectivity index (χ3n) is 5.64. The highest BCUT2D eigenvalue weighted by Crippen LogP contribution is 2.68. The molecular formula is C25H27NO7S3. The van der Waals surface area contributed by atoms with Gasteiger partial charge in [0.05, 0.1) is 43.6 Å². The molecule has 0 unspecified atom stereocenters. The molecule has 0 amide bonds. The SMILES string of the molecule is CCOC(=O)C1=CC2(SC(C(=O)OC)=C(C(=O)OC)S2)C2=C(S1)C(C)(C)Nc1c(OCC)cccc12. The molecule has 0 fully saturated rings. The number of fused-ring (bicyclic) bond motifs is 3. The highest BCUT2D eigenvalue weighted by atomic mass is 32.2. The molecule has 3 aliphatic rings. The van der Waals surface area contributed by atoms with Crippen LogP contribution < -0.4 is 10.1 Å². The number of hydrogen-bond donors (Lipinski definition) is 1. The molecule has 0 radical (unpaired) electrons. The molecular weight excluding hydrogens is 522 g/mol. The molecule has 3 aliphatic heterocycles. The number of carbonyl (C=O) groups excluding carboxylic acids is 3. The van der Waals surface area contributed by atoms with Crippen molar-refractivity contribution in [1.82, 2.24) is 0 Å². The average Bonchev–Trinajstić information content (AvgIpc) is 3.23. The molecule has 1 spiro atoms. The third-order valence-corrected chi connectivity index (χ3v) is 10.1. The van der Waals surface area contributed by atoms with Gasteiger partial charge < -0.3 is 24.3 Å². The second-order valence-corrected chi connectivity index (χ2v) is 12.2. The Morgan fingerprint density at radius 3 is 2.14 bits per heavy atom. The van der Waals surface area contributed by atoms with Crippen molar-refractivity contribution in [2.45, 2.75) is 37.3 Å². The molecule has 0 aliphatic carbocycles. The van der Waals surface area contributed by atoms with Crippen molar-refractivity contribution in [3.05, 3.63) is 49.5 Å². The number of thioether (sulfide) groups is 3. The Morgan fingerprint density at radius 1 is 0.944 bits per heavy atom. The van der Waals surface area contributed by atoms with Crippen molar-refractivity contribution in [2.75, 3.05) is 32.8 Å². The van der Waals surface area contributed by atoms with Gasteiger partial charge in [0.2, 0.25) is 0 Å². The molecule has 4 rings (SSSR count). The Labute approximate surface area is 222 Å². The zero-order chi connectivity index (χ0) is 26.3. The first-order chi connectivity index (χ1) is 17.1. The van der Waals surface area contributed by atoms with Crippen LogP contribution in [0.15, 0.2) is 43.9 Å². The molecule has 1 aromatic carbocycles. The minimum Gasteiger partial charge on any atom is -0.492 e.